The molecule has 0 aromatic heterocycles. The van der Waals surface area contributed by atoms with Gasteiger partial charge in [0.15, 0.2) is 0 Å². The SMILES string of the molecule is Cc1cccc(COC(=O)CNC(=O)C23CC4CC(CC(C4)C2)C3)c1. The van der Waals surface area contributed by atoms with E-state index in [1.54, 1.807) is 0 Å². The van der Waals surface area contributed by atoms with Crippen molar-refractivity contribution in [2.24, 2.45) is 23.2 Å². The molecule has 4 fully saturated rings. The van der Waals surface area contributed by atoms with E-state index in [0.717, 1.165) is 48.1 Å². The van der Waals surface area contributed by atoms with Gasteiger partial charge in [-0.15, -0.1) is 0 Å². The molecule has 4 nitrogen and oxygen atoms in total. The fourth-order valence-corrected chi connectivity index (χ4v) is 5.75. The summed E-state index contributed by atoms with van der Waals surface area (Å²) >= 11 is 0. The number of hydrogen-bond donors (Lipinski definition) is 1. The Bertz CT molecular complexity index is 646. The molecule has 0 spiro atoms. The molecule has 1 aromatic carbocycles. The lowest BCUT2D eigenvalue weighted by Gasteiger charge is -2.55. The molecule has 0 heterocycles. The zero-order valence-corrected chi connectivity index (χ0v) is 14.9. The van der Waals surface area contributed by atoms with Crippen LogP contribution in [-0.2, 0) is 20.9 Å². The van der Waals surface area contributed by atoms with E-state index >= 15 is 0 Å². The van der Waals surface area contributed by atoms with Gasteiger partial charge in [-0.25, -0.2) is 0 Å². The maximum atomic E-state index is 12.8. The molecule has 4 bridgehead atoms. The predicted molar refractivity (Wildman–Crippen MR) is 94.6 cm³/mol. The van der Waals surface area contributed by atoms with Crippen LogP contribution in [0.3, 0.4) is 0 Å². The Kier molecular flexibility index (Phi) is 4.30. The van der Waals surface area contributed by atoms with Crippen molar-refractivity contribution < 1.29 is 14.3 Å². The molecule has 0 aliphatic heterocycles. The quantitative estimate of drug-likeness (QED) is 0.836. The summed E-state index contributed by atoms with van der Waals surface area (Å²) in [6.45, 7) is 2.25. The van der Waals surface area contributed by atoms with Gasteiger partial charge in [-0.05, 0) is 68.8 Å². The number of amides is 1. The first-order valence-corrected chi connectivity index (χ1v) is 9.52. The fourth-order valence-electron chi connectivity index (χ4n) is 5.75. The number of hydrogen-bond acceptors (Lipinski definition) is 3. The maximum Gasteiger partial charge on any atom is 0.325 e. The Labute approximate surface area is 149 Å². The summed E-state index contributed by atoms with van der Waals surface area (Å²) in [5, 5.41) is 2.87. The summed E-state index contributed by atoms with van der Waals surface area (Å²) in [6.07, 6.45) is 6.98. The number of nitrogens with one attached hydrogen (secondary N) is 1. The predicted octanol–water partition coefficient (Wildman–Crippen LogP) is 3.37. The molecule has 4 aliphatic carbocycles. The van der Waals surface area contributed by atoms with Gasteiger partial charge in [0.2, 0.25) is 5.91 Å². The molecule has 1 N–H and O–H groups in total. The second-order valence-electron chi connectivity index (χ2n) is 8.53. The Hall–Kier alpha value is -1.84. The minimum atomic E-state index is -0.361. The summed E-state index contributed by atoms with van der Waals surface area (Å²) < 4.78 is 5.30. The number of benzene rings is 1. The van der Waals surface area contributed by atoms with Gasteiger partial charge in [-0.2, -0.15) is 0 Å². The van der Waals surface area contributed by atoms with Crippen molar-refractivity contribution in [1.29, 1.82) is 0 Å². The molecule has 5 rings (SSSR count). The van der Waals surface area contributed by atoms with Crippen LogP contribution in [0.4, 0.5) is 0 Å². The van der Waals surface area contributed by atoms with Crippen molar-refractivity contribution in [1.82, 2.24) is 5.32 Å². The Morgan fingerprint density at radius 2 is 1.76 bits per heavy atom. The first-order valence-electron chi connectivity index (χ1n) is 9.52. The van der Waals surface area contributed by atoms with Crippen LogP contribution in [0.25, 0.3) is 0 Å². The number of carbonyl (C=O) groups excluding carboxylic acids is 2. The highest BCUT2D eigenvalue weighted by Gasteiger charge is 2.54. The lowest BCUT2D eigenvalue weighted by molar-refractivity contribution is -0.151. The highest BCUT2D eigenvalue weighted by molar-refractivity contribution is 5.86. The zero-order valence-electron chi connectivity index (χ0n) is 14.9. The highest BCUT2D eigenvalue weighted by Crippen LogP contribution is 2.60. The van der Waals surface area contributed by atoms with E-state index in [1.165, 1.54) is 19.3 Å². The second kappa shape index (κ2) is 6.47. The van der Waals surface area contributed by atoms with Gasteiger partial charge in [-0.1, -0.05) is 29.8 Å². The third-order valence-electron chi connectivity index (χ3n) is 6.40. The summed E-state index contributed by atoms with van der Waals surface area (Å²) in [5.74, 6) is 1.90. The van der Waals surface area contributed by atoms with Gasteiger partial charge in [0, 0.05) is 5.41 Å². The Morgan fingerprint density at radius 3 is 2.36 bits per heavy atom. The average molecular weight is 341 g/mol. The number of ether oxygens (including phenoxy) is 1. The Morgan fingerprint density at radius 1 is 1.12 bits per heavy atom. The van der Waals surface area contributed by atoms with Crippen LogP contribution in [0.2, 0.25) is 0 Å². The third kappa shape index (κ3) is 3.44. The Balaban J connectivity index is 1.28. The molecule has 0 saturated heterocycles. The topological polar surface area (TPSA) is 55.4 Å². The van der Waals surface area contributed by atoms with E-state index < -0.39 is 0 Å². The van der Waals surface area contributed by atoms with E-state index in [9.17, 15) is 9.59 Å². The highest BCUT2D eigenvalue weighted by atomic mass is 16.5. The molecule has 4 aliphatic rings. The van der Waals surface area contributed by atoms with E-state index in [0.29, 0.717) is 0 Å². The first-order chi connectivity index (χ1) is 12.0. The van der Waals surface area contributed by atoms with Crippen molar-refractivity contribution in [2.45, 2.75) is 52.1 Å². The number of esters is 1. The summed E-state index contributed by atoms with van der Waals surface area (Å²) in [6, 6.07) is 7.90. The minimum absolute atomic E-state index is 0.0214. The van der Waals surface area contributed by atoms with Crippen molar-refractivity contribution in [3.05, 3.63) is 35.4 Å². The minimum Gasteiger partial charge on any atom is -0.460 e. The first kappa shape index (κ1) is 16.6. The number of rotatable bonds is 5. The maximum absolute atomic E-state index is 12.8. The number of aryl methyl sites for hydroxylation is 1. The monoisotopic (exact) mass is 341 g/mol. The van der Waals surface area contributed by atoms with E-state index in [1.807, 2.05) is 31.2 Å². The average Bonchev–Trinajstić information content (AvgIpc) is 2.56. The second-order valence-corrected chi connectivity index (χ2v) is 8.53. The molecule has 4 heteroatoms. The molecule has 134 valence electrons. The molecule has 25 heavy (non-hydrogen) atoms. The van der Waals surface area contributed by atoms with Crippen LogP contribution in [-0.4, -0.2) is 18.4 Å². The summed E-state index contributed by atoms with van der Waals surface area (Å²) in [4.78, 5) is 24.8. The van der Waals surface area contributed by atoms with Gasteiger partial charge in [0.05, 0.1) is 0 Å². The molecule has 1 aromatic rings. The van der Waals surface area contributed by atoms with Gasteiger partial charge in [0.1, 0.15) is 13.2 Å². The van der Waals surface area contributed by atoms with E-state index in [-0.39, 0.29) is 30.4 Å². The molecule has 0 atom stereocenters. The van der Waals surface area contributed by atoms with Crippen molar-refractivity contribution in [2.75, 3.05) is 6.54 Å². The van der Waals surface area contributed by atoms with Gasteiger partial charge >= 0.3 is 5.97 Å². The largest absolute Gasteiger partial charge is 0.460 e. The molecular formula is C21H27NO3. The lowest BCUT2D eigenvalue weighted by atomic mass is 9.49. The van der Waals surface area contributed by atoms with E-state index in [2.05, 4.69) is 5.32 Å². The standard InChI is InChI=1S/C21H27NO3/c1-14-3-2-4-15(5-14)13-25-19(23)12-22-20(24)21-9-16-6-17(10-21)8-18(7-16)11-21/h2-5,16-18H,6-13H2,1H3,(H,22,24). The number of carbonyl (C=O) groups is 2. The van der Waals surface area contributed by atoms with Crippen LogP contribution in [0.15, 0.2) is 24.3 Å². The molecule has 1 amide bonds. The van der Waals surface area contributed by atoms with Crippen LogP contribution in [0.1, 0.15) is 49.7 Å². The van der Waals surface area contributed by atoms with Gasteiger partial charge < -0.3 is 10.1 Å². The smallest absolute Gasteiger partial charge is 0.325 e. The van der Waals surface area contributed by atoms with E-state index in [4.69, 9.17) is 4.74 Å². The lowest BCUT2D eigenvalue weighted by Crippen LogP contribution is -2.54. The van der Waals surface area contributed by atoms with Crippen LogP contribution < -0.4 is 5.32 Å². The molecular weight excluding hydrogens is 314 g/mol. The van der Waals surface area contributed by atoms with Crippen molar-refractivity contribution >= 4 is 11.9 Å². The third-order valence-corrected chi connectivity index (χ3v) is 6.40. The zero-order chi connectivity index (χ0) is 17.4. The van der Waals surface area contributed by atoms with Crippen molar-refractivity contribution in [3.63, 3.8) is 0 Å². The molecule has 0 unspecified atom stereocenters. The van der Waals surface area contributed by atoms with Crippen molar-refractivity contribution in [3.8, 4) is 0 Å². The molecule has 4 saturated carbocycles. The van der Waals surface area contributed by atoms with Crippen LogP contribution in [0, 0.1) is 30.1 Å². The summed E-state index contributed by atoms with van der Waals surface area (Å²) in [7, 11) is 0. The van der Waals surface area contributed by atoms with Gasteiger partial charge in [0.25, 0.3) is 0 Å². The summed E-state index contributed by atoms with van der Waals surface area (Å²) in [5.41, 5.74) is 1.91. The molecule has 0 radical (unpaired) electrons. The van der Waals surface area contributed by atoms with Gasteiger partial charge in [-0.3, -0.25) is 9.59 Å². The fraction of sp³-hybridized carbons (Fsp3) is 0.619. The van der Waals surface area contributed by atoms with Crippen LogP contribution in [0.5, 0.6) is 0 Å². The van der Waals surface area contributed by atoms with Crippen LogP contribution >= 0.6 is 0 Å². The normalized spacial score (nSPS) is 32.4.